The van der Waals surface area contributed by atoms with Crippen LogP contribution in [0, 0.1) is 0 Å². The van der Waals surface area contributed by atoms with E-state index < -0.39 is 11.5 Å². The maximum Gasteiger partial charge on any atom is 0.410 e. The van der Waals surface area contributed by atoms with E-state index in [1.165, 1.54) is 0 Å². The monoisotopic (exact) mass is 294 g/mol. The summed E-state index contributed by atoms with van der Waals surface area (Å²) < 4.78 is 7.13. The predicted octanol–water partition coefficient (Wildman–Crippen LogP) is 1.44. The first-order valence-electron chi connectivity index (χ1n) is 7.06. The minimum Gasteiger partial charge on any atom is -0.444 e. The summed E-state index contributed by atoms with van der Waals surface area (Å²) in [6, 6.07) is -0.123. The Kier molecular flexibility index (Phi) is 4.20. The van der Waals surface area contributed by atoms with E-state index in [1.54, 1.807) is 22.0 Å². The first-order chi connectivity index (χ1) is 9.78. The molecule has 1 fully saturated rings. The van der Waals surface area contributed by atoms with Gasteiger partial charge in [-0.3, -0.25) is 9.69 Å². The number of primary amides is 1. The van der Waals surface area contributed by atoms with Crippen LogP contribution in [0.4, 0.5) is 4.79 Å². The van der Waals surface area contributed by atoms with Crippen LogP contribution in [0.5, 0.6) is 0 Å². The van der Waals surface area contributed by atoms with Gasteiger partial charge in [-0.1, -0.05) is 0 Å². The number of hydrogen-bond acceptors (Lipinski definition) is 4. The first-order valence-corrected chi connectivity index (χ1v) is 7.06. The third kappa shape index (κ3) is 3.74. The fourth-order valence-corrected chi connectivity index (χ4v) is 2.52. The Hall–Kier alpha value is -2.05. The molecule has 0 spiro atoms. The Morgan fingerprint density at radius 1 is 1.48 bits per heavy atom. The summed E-state index contributed by atoms with van der Waals surface area (Å²) in [5.74, 6) is -0.434. The van der Waals surface area contributed by atoms with Gasteiger partial charge in [0.2, 0.25) is 5.91 Å². The third-order valence-corrected chi connectivity index (χ3v) is 3.29. The van der Waals surface area contributed by atoms with Crippen molar-refractivity contribution in [2.24, 2.45) is 5.73 Å². The number of nitrogens with zero attached hydrogens (tertiary/aromatic N) is 3. The zero-order valence-electron chi connectivity index (χ0n) is 12.7. The number of rotatable bonds is 3. The van der Waals surface area contributed by atoms with Gasteiger partial charge in [0.25, 0.3) is 0 Å². The second kappa shape index (κ2) is 5.75. The molecule has 0 aromatic carbocycles. The first kappa shape index (κ1) is 15.3. The number of nitrogens with two attached hydrogens (primary N) is 1. The van der Waals surface area contributed by atoms with E-state index in [1.807, 2.05) is 20.8 Å². The molecule has 1 aliphatic rings. The number of carbonyl (C=O) groups excluding carboxylic acids is 2. The van der Waals surface area contributed by atoms with Crippen molar-refractivity contribution in [1.82, 2.24) is 14.5 Å². The highest BCUT2D eigenvalue weighted by molar-refractivity contribution is 5.73. The molecule has 2 N–H and O–H groups in total. The molecule has 1 saturated heterocycles. The Morgan fingerprint density at radius 2 is 2.19 bits per heavy atom. The van der Waals surface area contributed by atoms with E-state index >= 15 is 0 Å². The molecule has 2 rings (SSSR count). The smallest absolute Gasteiger partial charge is 0.410 e. The van der Waals surface area contributed by atoms with Gasteiger partial charge < -0.3 is 15.0 Å². The topological polar surface area (TPSA) is 90.4 Å². The van der Waals surface area contributed by atoms with Crippen LogP contribution in [0.2, 0.25) is 0 Å². The van der Waals surface area contributed by atoms with Crippen molar-refractivity contribution in [2.75, 3.05) is 6.54 Å². The van der Waals surface area contributed by atoms with Crippen molar-refractivity contribution in [3.8, 4) is 0 Å². The van der Waals surface area contributed by atoms with Crippen LogP contribution < -0.4 is 5.73 Å². The lowest BCUT2D eigenvalue weighted by atomic mass is 10.1. The lowest BCUT2D eigenvalue weighted by Gasteiger charge is -2.28. The fraction of sp³-hybridized carbons (Fsp3) is 0.643. The molecule has 1 aromatic heterocycles. The molecule has 1 aromatic rings. The second-order valence-electron chi connectivity index (χ2n) is 6.24. The number of ether oxygens (including phenoxy) is 1. The summed E-state index contributed by atoms with van der Waals surface area (Å²) in [5, 5.41) is 0. The molecule has 0 saturated carbocycles. The maximum absolute atomic E-state index is 12.3. The van der Waals surface area contributed by atoms with Gasteiger partial charge >= 0.3 is 6.09 Å². The van der Waals surface area contributed by atoms with Crippen LogP contribution in [-0.4, -0.2) is 38.6 Å². The largest absolute Gasteiger partial charge is 0.444 e. The van der Waals surface area contributed by atoms with Crippen LogP contribution in [0.3, 0.4) is 0 Å². The number of likely N-dealkylation sites (tertiary alicyclic amines) is 1. The van der Waals surface area contributed by atoms with Crippen molar-refractivity contribution in [3.05, 3.63) is 18.2 Å². The molecule has 2 heterocycles. The number of aromatic nitrogens is 2. The predicted molar refractivity (Wildman–Crippen MR) is 76.3 cm³/mol. The van der Waals surface area contributed by atoms with Crippen molar-refractivity contribution in [3.63, 3.8) is 0 Å². The molecule has 0 unspecified atom stereocenters. The molecular formula is C14H22N4O3. The maximum atomic E-state index is 12.3. The highest BCUT2D eigenvalue weighted by Gasteiger charge is 2.34. The average molecular weight is 294 g/mol. The summed E-state index contributed by atoms with van der Waals surface area (Å²) in [4.78, 5) is 29.1. The highest BCUT2D eigenvalue weighted by Crippen LogP contribution is 2.32. The molecule has 1 aliphatic heterocycles. The van der Waals surface area contributed by atoms with Gasteiger partial charge in [0, 0.05) is 6.54 Å². The van der Waals surface area contributed by atoms with E-state index in [0.717, 1.165) is 18.5 Å². The summed E-state index contributed by atoms with van der Waals surface area (Å²) in [6.07, 6.45) is 4.62. The van der Waals surface area contributed by atoms with E-state index in [9.17, 15) is 9.59 Å². The van der Waals surface area contributed by atoms with Crippen LogP contribution in [0.1, 0.15) is 45.3 Å². The SMILES string of the molecule is CC(C)(C)OC(=O)N1CCC[C@H]1c1cncn1CC(N)=O. The van der Waals surface area contributed by atoms with E-state index in [0.29, 0.717) is 6.54 Å². The molecule has 0 bridgehead atoms. The summed E-state index contributed by atoms with van der Waals surface area (Å²) in [6.45, 7) is 6.23. The van der Waals surface area contributed by atoms with Crippen LogP contribution in [-0.2, 0) is 16.1 Å². The Balaban J connectivity index is 2.17. The normalized spacial score (nSPS) is 18.8. The Morgan fingerprint density at radius 3 is 2.81 bits per heavy atom. The van der Waals surface area contributed by atoms with Gasteiger partial charge in [-0.15, -0.1) is 0 Å². The van der Waals surface area contributed by atoms with Crippen molar-refractivity contribution in [2.45, 2.75) is 51.8 Å². The number of carbonyl (C=O) groups is 2. The minimum absolute atomic E-state index is 0.0635. The van der Waals surface area contributed by atoms with Crippen molar-refractivity contribution >= 4 is 12.0 Å². The zero-order valence-corrected chi connectivity index (χ0v) is 12.7. The number of amides is 2. The summed E-state index contributed by atoms with van der Waals surface area (Å²) in [7, 11) is 0. The van der Waals surface area contributed by atoms with Gasteiger partial charge in [-0.2, -0.15) is 0 Å². The van der Waals surface area contributed by atoms with Gasteiger partial charge in [-0.05, 0) is 33.6 Å². The van der Waals surface area contributed by atoms with E-state index in [-0.39, 0.29) is 18.7 Å². The lowest BCUT2D eigenvalue weighted by molar-refractivity contribution is -0.118. The van der Waals surface area contributed by atoms with Crippen LogP contribution in [0.15, 0.2) is 12.5 Å². The summed E-state index contributed by atoms with van der Waals surface area (Å²) in [5.41, 5.74) is 5.52. The highest BCUT2D eigenvalue weighted by atomic mass is 16.6. The molecule has 0 radical (unpaired) electrons. The molecule has 21 heavy (non-hydrogen) atoms. The van der Waals surface area contributed by atoms with Gasteiger partial charge in [0.15, 0.2) is 0 Å². The Labute approximate surface area is 124 Å². The van der Waals surface area contributed by atoms with Crippen LogP contribution >= 0.6 is 0 Å². The second-order valence-corrected chi connectivity index (χ2v) is 6.24. The average Bonchev–Trinajstić information content (AvgIpc) is 2.92. The zero-order chi connectivity index (χ0) is 15.6. The quantitative estimate of drug-likeness (QED) is 0.913. The van der Waals surface area contributed by atoms with E-state index in [4.69, 9.17) is 10.5 Å². The molecule has 0 aliphatic carbocycles. The third-order valence-electron chi connectivity index (χ3n) is 3.29. The number of imidazole rings is 1. The molecule has 7 nitrogen and oxygen atoms in total. The molecule has 1 atom stereocenters. The van der Waals surface area contributed by atoms with Gasteiger partial charge in [0.1, 0.15) is 12.1 Å². The number of hydrogen-bond donors (Lipinski definition) is 1. The van der Waals surface area contributed by atoms with Crippen LogP contribution in [0.25, 0.3) is 0 Å². The fourth-order valence-electron chi connectivity index (χ4n) is 2.52. The van der Waals surface area contributed by atoms with Crippen molar-refractivity contribution < 1.29 is 14.3 Å². The molecule has 116 valence electrons. The summed E-state index contributed by atoms with van der Waals surface area (Å²) >= 11 is 0. The lowest BCUT2D eigenvalue weighted by Crippen LogP contribution is -2.37. The molecule has 2 amide bonds. The Bertz CT molecular complexity index is 533. The van der Waals surface area contributed by atoms with Gasteiger partial charge in [0.05, 0.1) is 24.3 Å². The minimum atomic E-state index is -0.530. The molecular weight excluding hydrogens is 272 g/mol. The van der Waals surface area contributed by atoms with E-state index in [2.05, 4.69) is 4.98 Å². The van der Waals surface area contributed by atoms with Gasteiger partial charge in [-0.25, -0.2) is 9.78 Å². The van der Waals surface area contributed by atoms with Crippen molar-refractivity contribution in [1.29, 1.82) is 0 Å². The standard InChI is InChI=1S/C14H22N4O3/c1-14(2,3)21-13(20)18-6-4-5-10(18)11-7-16-9-17(11)8-12(15)19/h7,9-10H,4-6,8H2,1-3H3,(H2,15,19)/t10-/m0/s1. The molecule has 7 heteroatoms.